The molecule has 5 rings (SSSR count). The Balaban J connectivity index is 1.30. The molecule has 0 radical (unpaired) electrons. The van der Waals surface area contributed by atoms with Gasteiger partial charge in [0, 0.05) is 34.9 Å². The number of rotatable bonds is 4. The number of carbonyl (C=O) groups excluding carboxylic acids is 1. The van der Waals surface area contributed by atoms with Crippen molar-refractivity contribution in [3.8, 4) is 22.4 Å². The zero-order valence-electron chi connectivity index (χ0n) is 17.0. The Hall–Kier alpha value is -4.25. The standard InChI is InChI=1S/C26H20N4O/c1-18-15-16-30-17-24(29-26(30)27-18)21-11-13-23(14-12-21)28-25(31)22-9-7-20(8-10-22)19-5-3-2-4-6-19/h2-17H,1H3,(H,28,31). The second-order valence-electron chi connectivity index (χ2n) is 7.38. The van der Waals surface area contributed by atoms with E-state index in [0.29, 0.717) is 11.3 Å². The third-order valence-electron chi connectivity index (χ3n) is 5.16. The van der Waals surface area contributed by atoms with Gasteiger partial charge in [0.1, 0.15) is 0 Å². The lowest BCUT2D eigenvalue weighted by Crippen LogP contribution is -2.11. The van der Waals surface area contributed by atoms with Crippen LogP contribution in [-0.2, 0) is 0 Å². The second-order valence-corrected chi connectivity index (χ2v) is 7.38. The third-order valence-corrected chi connectivity index (χ3v) is 5.16. The van der Waals surface area contributed by atoms with E-state index in [1.54, 1.807) is 0 Å². The number of anilines is 1. The van der Waals surface area contributed by atoms with Gasteiger partial charge in [-0.2, -0.15) is 0 Å². The maximum atomic E-state index is 12.6. The molecule has 2 heterocycles. The summed E-state index contributed by atoms with van der Waals surface area (Å²) in [5.41, 5.74) is 6.30. The Labute approximate surface area is 180 Å². The molecule has 1 amide bonds. The monoisotopic (exact) mass is 404 g/mol. The first kappa shape index (κ1) is 18.8. The fourth-order valence-corrected chi connectivity index (χ4v) is 3.47. The van der Waals surface area contributed by atoms with Crippen LogP contribution in [0.15, 0.2) is 97.3 Å². The molecule has 0 fully saturated rings. The highest BCUT2D eigenvalue weighted by Gasteiger charge is 2.09. The molecule has 5 nitrogen and oxygen atoms in total. The third kappa shape index (κ3) is 3.94. The molecule has 5 heteroatoms. The number of hydrogen-bond donors (Lipinski definition) is 1. The quantitative estimate of drug-likeness (QED) is 0.423. The van der Waals surface area contributed by atoms with Crippen LogP contribution in [0.5, 0.6) is 0 Å². The minimum Gasteiger partial charge on any atom is -0.322 e. The molecule has 31 heavy (non-hydrogen) atoms. The smallest absolute Gasteiger partial charge is 0.255 e. The van der Waals surface area contributed by atoms with Crippen molar-refractivity contribution in [1.29, 1.82) is 0 Å². The van der Waals surface area contributed by atoms with Gasteiger partial charge in [-0.25, -0.2) is 9.97 Å². The number of aryl methyl sites for hydroxylation is 1. The molecule has 0 aliphatic carbocycles. The van der Waals surface area contributed by atoms with Gasteiger partial charge in [-0.05, 0) is 48.4 Å². The summed E-state index contributed by atoms with van der Waals surface area (Å²) >= 11 is 0. The number of nitrogens with one attached hydrogen (secondary N) is 1. The van der Waals surface area contributed by atoms with Crippen LogP contribution in [-0.4, -0.2) is 20.3 Å². The Morgan fingerprint density at radius 2 is 1.45 bits per heavy atom. The van der Waals surface area contributed by atoms with E-state index in [-0.39, 0.29) is 5.91 Å². The summed E-state index contributed by atoms with van der Waals surface area (Å²) in [6, 6.07) is 27.3. The lowest BCUT2D eigenvalue weighted by atomic mass is 10.0. The molecule has 0 aliphatic heterocycles. The Bertz CT molecular complexity index is 1350. The Kier molecular flexibility index (Phi) is 4.77. The van der Waals surface area contributed by atoms with E-state index in [2.05, 4.69) is 27.4 Å². The average Bonchev–Trinajstić information content (AvgIpc) is 3.23. The van der Waals surface area contributed by atoms with E-state index in [1.165, 1.54) is 0 Å². The van der Waals surface area contributed by atoms with E-state index in [4.69, 9.17) is 0 Å². The SMILES string of the molecule is Cc1ccn2cc(-c3ccc(NC(=O)c4ccc(-c5ccccc5)cc4)cc3)nc2n1. The highest BCUT2D eigenvalue weighted by atomic mass is 16.1. The number of aromatic nitrogens is 3. The minimum atomic E-state index is -0.139. The average molecular weight is 404 g/mol. The van der Waals surface area contributed by atoms with Crippen molar-refractivity contribution in [2.75, 3.05) is 5.32 Å². The van der Waals surface area contributed by atoms with E-state index in [9.17, 15) is 4.79 Å². The summed E-state index contributed by atoms with van der Waals surface area (Å²) < 4.78 is 1.90. The normalized spacial score (nSPS) is 10.9. The molecule has 0 atom stereocenters. The van der Waals surface area contributed by atoms with Crippen molar-refractivity contribution in [2.45, 2.75) is 6.92 Å². The van der Waals surface area contributed by atoms with Crippen LogP contribution in [0.25, 0.3) is 28.2 Å². The van der Waals surface area contributed by atoms with Gasteiger partial charge in [-0.15, -0.1) is 0 Å². The number of imidazole rings is 1. The summed E-state index contributed by atoms with van der Waals surface area (Å²) in [5, 5.41) is 2.95. The molecule has 0 aliphatic rings. The number of fused-ring (bicyclic) bond motifs is 1. The van der Waals surface area contributed by atoms with Gasteiger partial charge >= 0.3 is 0 Å². The van der Waals surface area contributed by atoms with Crippen molar-refractivity contribution in [1.82, 2.24) is 14.4 Å². The predicted molar refractivity (Wildman–Crippen MR) is 123 cm³/mol. The van der Waals surface area contributed by atoms with Crippen LogP contribution < -0.4 is 5.32 Å². The molecule has 2 aromatic heterocycles. The highest BCUT2D eigenvalue weighted by Crippen LogP contribution is 2.22. The Morgan fingerprint density at radius 1 is 0.774 bits per heavy atom. The maximum Gasteiger partial charge on any atom is 0.255 e. The first-order chi connectivity index (χ1) is 15.2. The van der Waals surface area contributed by atoms with Gasteiger partial charge < -0.3 is 5.32 Å². The maximum absolute atomic E-state index is 12.6. The molecule has 0 bridgehead atoms. The molecule has 150 valence electrons. The molecule has 1 N–H and O–H groups in total. The van der Waals surface area contributed by atoms with Gasteiger partial charge in [0.2, 0.25) is 5.78 Å². The summed E-state index contributed by atoms with van der Waals surface area (Å²) in [7, 11) is 0. The van der Waals surface area contributed by atoms with Crippen LogP contribution in [0.4, 0.5) is 5.69 Å². The zero-order chi connectivity index (χ0) is 21.2. The van der Waals surface area contributed by atoms with E-state index in [1.807, 2.05) is 96.5 Å². The first-order valence-electron chi connectivity index (χ1n) is 10.1. The lowest BCUT2D eigenvalue weighted by Gasteiger charge is -2.07. The molecule has 5 aromatic rings. The van der Waals surface area contributed by atoms with Crippen LogP contribution in [0, 0.1) is 6.92 Å². The van der Waals surface area contributed by atoms with E-state index in [0.717, 1.165) is 33.8 Å². The summed E-state index contributed by atoms with van der Waals surface area (Å²) in [6.45, 7) is 1.95. The van der Waals surface area contributed by atoms with Crippen molar-refractivity contribution in [2.24, 2.45) is 0 Å². The van der Waals surface area contributed by atoms with E-state index >= 15 is 0 Å². The number of nitrogens with zero attached hydrogens (tertiary/aromatic N) is 3. The van der Waals surface area contributed by atoms with E-state index < -0.39 is 0 Å². The molecule has 0 saturated heterocycles. The summed E-state index contributed by atoms with van der Waals surface area (Å²) in [6.07, 6.45) is 3.90. The number of carbonyl (C=O) groups is 1. The van der Waals surface area contributed by atoms with Crippen LogP contribution in [0.2, 0.25) is 0 Å². The van der Waals surface area contributed by atoms with Gasteiger partial charge in [0.05, 0.1) is 5.69 Å². The minimum absolute atomic E-state index is 0.139. The van der Waals surface area contributed by atoms with Gasteiger partial charge in [0.25, 0.3) is 5.91 Å². The number of amides is 1. The van der Waals surface area contributed by atoms with Crippen molar-refractivity contribution >= 4 is 17.4 Å². The number of benzene rings is 3. The first-order valence-corrected chi connectivity index (χ1v) is 10.1. The van der Waals surface area contributed by atoms with Crippen LogP contribution in [0.1, 0.15) is 16.1 Å². The largest absolute Gasteiger partial charge is 0.322 e. The highest BCUT2D eigenvalue weighted by molar-refractivity contribution is 6.04. The van der Waals surface area contributed by atoms with Gasteiger partial charge in [0.15, 0.2) is 0 Å². The Morgan fingerprint density at radius 3 is 2.19 bits per heavy atom. The van der Waals surface area contributed by atoms with Crippen LogP contribution >= 0.6 is 0 Å². The fraction of sp³-hybridized carbons (Fsp3) is 0.0385. The fourth-order valence-electron chi connectivity index (χ4n) is 3.47. The topological polar surface area (TPSA) is 59.3 Å². The molecular formula is C26H20N4O. The van der Waals surface area contributed by atoms with Crippen molar-refractivity contribution < 1.29 is 4.79 Å². The second kappa shape index (κ2) is 7.88. The molecule has 0 unspecified atom stereocenters. The zero-order valence-corrected chi connectivity index (χ0v) is 17.0. The predicted octanol–water partition coefficient (Wildman–Crippen LogP) is 5.62. The molecule has 0 spiro atoms. The molecule has 0 saturated carbocycles. The number of hydrogen-bond acceptors (Lipinski definition) is 3. The lowest BCUT2D eigenvalue weighted by molar-refractivity contribution is 0.102. The van der Waals surface area contributed by atoms with Crippen molar-refractivity contribution in [3.63, 3.8) is 0 Å². The summed E-state index contributed by atoms with van der Waals surface area (Å²) in [5.74, 6) is 0.533. The van der Waals surface area contributed by atoms with Crippen molar-refractivity contribution in [3.05, 3.63) is 109 Å². The van der Waals surface area contributed by atoms with Gasteiger partial charge in [-0.3, -0.25) is 9.20 Å². The summed E-state index contributed by atoms with van der Waals surface area (Å²) in [4.78, 5) is 21.6. The molecular weight excluding hydrogens is 384 g/mol. The van der Waals surface area contributed by atoms with Crippen LogP contribution in [0.3, 0.4) is 0 Å². The molecule has 3 aromatic carbocycles. The van der Waals surface area contributed by atoms with Gasteiger partial charge in [-0.1, -0.05) is 54.6 Å².